The van der Waals surface area contributed by atoms with Crippen LogP contribution < -0.4 is 0 Å². The fourth-order valence-electron chi connectivity index (χ4n) is 1.44. The molecular formula is C11H18N2O4S. The largest absolute Gasteiger partial charge is 0.351 e. The summed E-state index contributed by atoms with van der Waals surface area (Å²) in [6.45, 7) is 4.99. The SMILES string of the molecule is CCS(=O)(=O)C[C@H](C)N(C)C(=O)c1cc(C)no1. The highest BCUT2D eigenvalue weighted by Gasteiger charge is 2.24. The van der Waals surface area contributed by atoms with Crippen molar-refractivity contribution >= 4 is 15.7 Å². The van der Waals surface area contributed by atoms with Crippen LogP contribution in [0.3, 0.4) is 0 Å². The fourth-order valence-corrected chi connectivity index (χ4v) is 2.63. The van der Waals surface area contributed by atoms with Crippen LogP contribution in [0.1, 0.15) is 30.1 Å². The van der Waals surface area contributed by atoms with Crippen molar-refractivity contribution in [1.29, 1.82) is 0 Å². The van der Waals surface area contributed by atoms with E-state index in [0.717, 1.165) is 0 Å². The summed E-state index contributed by atoms with van der Waals surface area (Å²) in [5.41, 5.74) is 0.612. The Hall–Kier alpha value is -1.37. The number of carbonyl (C=O) groups is 1. The lowest BCUT2D eigenvalue weighted by molar-refractivity contribution is 0.0714. The van der Waals surface area contributed by atoms with Crippen LogP contribution in [0.15, 0.2) is 10.6 Å². The molecule has 102 valence electrons. The van der Waals surface area contributed by atoms with Gasteiger partial charge in [-0.1, -0.05) is 12.1 Å². The number of rotatable bonds is 5. The third-order valence-electron chi connectivity index (χ3n) is 2.76. The van der Waals surface area contributed by atoms with Crippen molar-refractivity contribution in [3.63, 3.8) is 0 Å². The zero-order valence-electron chi connectivity index (χ0n) is 11.0. The first kappa shape index (κ1) is 14.7. The molecule has 0 aliphatic heterocycles. The van der Waals surface area contributed by atoms with E-state index in [9.17, 15) is 13.2 Å². The maximum Gasteiger partial charge on any atom is 0.292 e. The van der Waals surface area contributed by atoms with Gasteiger partial charge in [0.15, 0.2) is 9.84 Å². The molecule has 0 spiro atoms. The number of hydrogen-bond acceptors (Lipinski definition) is 5. The molecule has 0 aliphatic rings. The van der Waals surface area contributed by atoms with Crippen molar-refractivity contribution in [3.8, 4) is 0 Å². The van der Waals surface area contributed by atoms with E-state index >= 15 is 0 Å². The number of nitrogens with zero attached hydrogens (tertiary/aromatic N) is 2. The summed E-state index contributed by atoms with van der Waals surface area (Å²) in [4.78, 5) is 13.3. The summed E-state index contributed by atoms with van der Waals surface area (Å²) in [5.74, 6) is -0.232. The van der Waals surface area contributed by atoms with Crippen LogP contribution in [-0.2, 0) is 9.84 Å². The first-order valence-corrected chi connectivity index (χ1v) is 7.50. The van der Waals surface area contributed by atoms with Crippen molar-refractivity contribution in [1.82, 2.24) is 10.1 Å². The summed E-state index contributed by atoms with van der Waals surface area (Å²) >= 11 is 0. The van der Waals surface area contributed by atoms with Gasteiger partial charge in [0, 0.05) is 24.9 Å². The molecule has 1 aromatic rings. The lowest BCUT2D eigenvalue weighted by atomic mass is 10.3. The number of aromatic nitrogens is 1. The van der Waals surface area contributed by atoms with Gasteiger partial charge in [-0.25, -0.2) is 8.42 Å². The van der Waals surface area contributed by atoms with Gasteiger partial charge < -0.3 is 9.42 Å². The van der Waals surface area contributed by atoms with Crippen LogP contribution in [0.5, 0.6) is 0 Å². The summed E-state index contributed by atoms with van der Waals surface area (Å²) in [5, 5.41) is 3.63. The molecular weight excluding hydrogens is 256 g/mol. The van der Waals surface area contributed by atoms with E-state index in [-0.39, 0.29) is 23.2 Å². The first-order chi connectivity index (χ1) is 8.26. The van der Waals surface area contributed by atoms with E-state index in [1.54, 1.807) is 27.8 Å². The normalized spacial score (nSPS) is 13.3. The molecule has 1 rings (SSSR count). The molecule has 0 radical (unpaired) electrons. The topological polar surface area (TPSA) is 80.5 Å². The van der Waals surface area contributed by atoms with Crippen LogP contribution in [0.2, 0.25) is 0 Å². The second-order valence-electron chi connectivity index (χ2n) is 4.30. The van der Waals surface area contributed by atoms with Crippen LogP contribution in [0.25, 0.3) is 0 Å². The van der Waals surface area contributed by atoms with Gasteiger partial charge in [0.1, 0.15) is 0 Å². The van der Waals surface area contributed by atoms with Gasteiger partial charge in [-0.15, -0.1) is 0 Å². The minimum atomic E-state index is -3.11. The lowest BCUT2D eigenvalue weighted by Crippen LogP contribution is -2.39. The van der Waals surface area contributed by atoms with Crippen molar-refractivity contribution in [2.24, 2.45) is 0 Å². The van der Waals surface area contributed by atoms with Gasteiger partial charge in [-0.05, 0) is 13.8 Å². The van der Waals surface area contributed by atoms with Crippen LogP contribution in [0.4, 0.5) is 0 Å². The van der Waals surface area contributed by atoms with Gasteiger partial charge in [0.05, 0.1) is 11.4 Å². The molecule has 1 aromatic heterocycles. The van der Waals surface area contributed by atoms with Crippen LogP contribution in [-0.4, -0.2) is 49.0 Å². The highest BCUT2D eigenvalue weighted by molar-refractivity contribution is 7.91. The molecule has 0 bridgehead atoms. The summed E-state index contributed by atoms with van der Waals surface area (Å²) < 4.78 is 27.9. The molecule has 1 atom stereocenters. The molecule has 0 saturated carbocycles. The van der Waals surface area contributed by atoms with Gasteiger partial charge in [0.25, 0.3) is 5.91 Å². The lowest BCUT2D eigenvalue weighted by Gasteiger charge is -2.23. The Balaban J connectivity index is 2.75. The molecule has 0 N–H and O–H groups in total. The third kappa shape index (κ3) is 3.56. The van der Waals surface area contributed by atoms with E-state index in [1.807, 2.05) is 0 Å². The van der Waals surface area contributed by atoms with Gasteiger partial charge >= 0.3 is 0 Å². The monoisotopic (exact) mass is 274 g/mol. The molecule has 1 amide bonds. The molecule has 0 saturated heterocycles. The Labute approximate surface area is 107 Å². The minimum Gasteiger partial charge on any atom is -0.351 e. The maximum absolute atomic E-state index is 12.0. The predicted molar refractivity (Wildman–Crippen MR) is 67.1 cm³/mol. The Bertz CT molecular complexity index is 521. The zero-order chi connectivity index (χ0) is 13.9. The number of aryl methyl sites for hydroxylation is 1. The number of carbonyl (C=O) groups excluding carboxylic acids is 1. The number of sulfone groups is 1. The molecule has 7 heteroatoms. The highest BCUT2D eigenvalue weighted by atomic mass is 32.2. The fraction of sp³-hybridized carbons (Fsp3) is 0.636. The van der Waals surface area contributed by atoms with E-state index in [2.05, 4.69) is 5.16 Å². The second-order valence-corrected chi connectivity index (χ2v) is 6.69. The molecule has 0 aromatic carbocycles. The Morgan fingerprint density at radius 3 is 2.61 bits per heavy atom. The molecule has 18 heavy (non-hydrogen) atoms. The van der Waals surface area contributed by atoms with Crippen LogP contribution >= 0.6 is 0 Å². The Morgan fingerprint density at radius 1 is 1.56 bits per heavy atom. The quantitative estimate of drug-likeness (QED) is 0.796. The molecule has 1 heterocycles. The summed E-state index contributed by atoms with van der Waals surface area (Å²) in [7, 11) is -1.56. The average molecular weight is 274 g/mol. The molecule has 0 unspecified atom stereocenters. The standard InChI is InChI=1S/C11H18N2O4S/c1-5-18(15,16)7-9(3)13(4)11(14)10-6-8(2)12-17-10/h6,9H,5,7H2,1-4H3/t9-/m0/s1. The van der Waals surface area contributed by atoms with Gasteiger partial charge in [-0.3, -0.25) is 4.79 Å². The summed E-state index contributed by atoms with van der Waals surface area (Å²) in [6.07, 6.45) is 0. The van der Waals surface area contributed by atoms with Crippen molar-refractivity contribution < 1.29 is 17.7 Å². The minimum absolute atomic E-state index is 0.0567. The Kier molecular flexibility index (Phi) is 4.50. The first-order valence-electron chi connectivity index (χ1n) is 5.67. The van der Waals surface area contributed by atoms with E-state index < -0.39 is 15.9 Å². The van der Waals surface area contributed by atoms with Crippen molar-refractivity contribution in [2.45, 2.75) is 26.8 Å². The predicted octanol–water partition coefficient (Wildman–Crippen LogP) is 0.878. The van der Waals surface area contributed by atoms with Crippen LogP contribution in [0, 0.1) is 6.92 Å². The van der Waals surface area contributed by atoms with E-state index in [4.69, 9.17) is 4.52 Å². The molecule has 6 nitrogen and oxygen atoms in total. The maximum atomic E-state index is 12.0. The van der Waals surface area contributed by atoms with E-state index in [0.29, 0.717) is 5.69 Å². The second kappa shape index (κ2) is 5.51. The summed E-state index contributed by atoms with van der Waals surface area (Å²) in [6, 6.07) is 1.12. The van der Waals surface area contributed by atoms with Crippen molar-refractivity contribution in [2.75, 3.05) is 18.6 Å². The highest BCUT2D eigenvalue weighted by Crippen LogP contribution is 2.09. The molecule has 0 aliphatic carbocycles. The van der Waals surface area contributed by atoms with Crippen molar-refractivity contribution in [3.05, 3.63) is 17.5 Å². The van der Waals surface area contributed by atoms with Gasteiger partial charge in [-0.2, -0.15) is 0 Å². The third-order valence-corrected chi connectivity index (χ3v) is 4.63. The number of hydrogen-bond donors (Lipinski definition) is 0. The average Bonchev–Trinajstić information content (AvgIpc) is 2.73. The molecule has 0 fully saturated rings. The smallest absolute Gasteiger partial charge is 0.292 e. The number of amides is 1. The van der Waals surface area contributed by atoms with Gasteiger partial charge in [0.2, 0.25) is 5.76 Å². The zero-order valence-corrected chi connectivity index (χ0v) is 11.8. The van der Waals surface area contributed by atoms with E-state index in [1.165, 1.54) is 11.0 Å². The Morgan fingerprint density at radius 2 is 2.17 bits per heavy atom.